The molecule has 0 aliphatic rings. The van der Waals surface area contributed by atoms with Gasteiger partial charge in [-0.15, -0.1) is 0 Å². The lowest BCUT2D eigenvalue weighted by Gasteiger charge is -2.12. The lowest BCUT2D eigenvalue weighted by molar-refractivity contribution is 0.579. The molecule has 4 nitrogen and oxygen atoms in total. The van der Waals surface area contributed by atoms with E-state index in [1.165, 1.54) is 0 Å². The molecule has 2 aromatic carbocycles. The zero-order chi connectivity index (χ0) is 15.3. The van der Waals surface area contributed by atoms with E-state index in [-0.39, 0.29) is 0 Å². The molecule has 0 heterocycles. The number of nitrogens with one attached hydrogen (secondary N) is 2. The van der Waals surface area contributed by atoms with E-state index in [1.54, 1.807) is 19.2 Å². The van der Waals surface area contributed by atoms with Crippen molar-refractivity contribution in [2.45, 2.75) is 24.9 Å². The predicted octanol–water partition coefficient (Wildman–Crippen LogP) is 2.19. The highest BCUT2D eigenvalue weighted by atomic mass is 32.2. The normalized spacial score (nSPS) is 11.5. The van der Waals surface area contributed by atoms with E-state index in [9.17, 15) is 8.42 Å². The van der Waals surface area contributed by atoms with Gasteiger partial charge in [0.25, 0.3) is 0 Å². The van der Waals surface area contributed by atoms with E-state index in [2.05, 4.69) is 10.0 Å². The van der Waals surface area contributed by atoms with Crippen molar-refractivity contribution in [3.8, 4) is 0 Å². The maximum absolute atomic E-state index is 12.5. The number of aryl methyl sites for hydroxylation is 1. The summed E-state index contributed by atoms with van der Waals surface area (Å²) in [5.74, 6) is 0. The Morgan fingerprint density at radius 3 is 2.19 bits per heavy atom. The minimum absolute atomic E-state index is 0.295. The van der Waals surface area contributed by atoms with Crippen molar-refractivity contribution in [1.29, 1.82) is 0 Å². The van der Waals surface area contributed by atoms with Gasteiger partial charge in [-0.3, -0.25) is 0 Å². The summed E-state index contributed by atoms with van der Waals surface area (Å²) in [6, 6.07) is 14.8. The van der Waals surface area contributed by atoms with Crippen LogP contribution < -0.4 is 10.0 Å². The molecular weight excluding hydrogens is 284 g/mol. The second kappa shape index (κ2) is 6.85. The molecule has 0 amide bonds. The molecule has 0 aromatic heterocycles. The molecule has 0 atom stereocenters. The average molecular weight is 304 g/mol. The van der Waals surface area contributed by atoms with Gasteiger partial charge in [-0.2, -0.15) is 0 Å². The van der Waals surface area contributed by atoms with Crippen molar-refractivity contribution in [3.63, 3.8) is 0 Å². The first kappa shape index (κ1) is 15.7. The van der Waals surface area contributed by atoms with Gasteiger partial charge in [0.2, 0.25) is 10.0 Å². The third-order valence-corrected chi connectivity index (χ3v) is 4.84. The summed E-state index contributed by atoms with van der Waals surface area (Å²) >= 11 is 0. The maximum Gasteiger partial charge on any atom is 0.241 e. The standard InChI is InChI=1S/C16H20N2O2S/c1-13-7-3-4-8-14(13)12-18-21(19,20)16-10-6-5-9-15(16)11-17-2/h3-10,17-18H,11-12H2,1-2H3. The summed E-state index contributed by atoms with van der Waals surface area (Å²) < 4.78 is 27.6. The Bertz CT molecular complexity index is 712. The van der Waals surface area contributed by atoms with Crippen LogP contribution in [0.2, 0.25) is 0 Å². The van der Waals surface area contributed by atoms with Gasteiger partial charge in [0.15, 0.2) is 0 Å². The summed E-state index contributed by atoms with van der Waals surface area (Å²) in [6.45, 7) is 2.78. The highest BCUT2D eigenvalue weighted by Crippen LogP contribution is 2.16. The molecule has 2 N–H and O–H groups in total. The van der Waals surface area contributed by atoms with Crippen molar-refractivity contribution in [2.75, 3.05) is 7.05 Å². The van der Waals surface area contributed by atoms with Gasteiger partial charge in [-0.25, -0.2) is 13.1 Å². The summed E-state index contributed by atoms with van der Waals surface area (Å²) in [5.41, 5.74) is 2.81. The summed E-state index contributed by atoms with van der Waals surface area (Å²) in [4.78, 5) is 0.327. The molecule has 0 saturated heterocycles. The minimum atomic E-state index is -3.52. The molecule has 21 heavy (non-hydrogen) atoms. The molecule has 0 saturated carbocycles. The van der Waals surface area contributed by atoms with Crippen molar-refractivity contribution >= 4 is 10.0 Å². The Balaban J connectivity index is 2.21. The number of hydrogen-bond acceptors (Lipinski definition) is 3. The Labute approximate surface area is 126 Å². The summed E-state index contributed by atoms with van der Waals surface area (Å²) in [7, 11) is -1.72. The van der Waals surface area contributed by atoms with Crippen LogP contribution in [0.25, 0.3) is 0 Å². The predicted molar refractivity (Wildman–Crippen MR) is 84.4 cm³/mol. The fraction of sp³-hybridized carbons (Fsp3) is 0.250. The Kier molecular flexibility index (Phi) is 5.12. The van der Waals surface area contributed by atoms with Crippen molar-refractivity contribution in [3.05, 3.63) is 65.2 Å². The topological polar surface area (TPSA) is 58.2 Å². The van der Waals surface area contributed by atoms with E-state index >= 15 is 0 Å². The number of benzene rings is 2. The monoisotopic (exact) mass is 304 g/mol. The van der Waals surface area contributed by atoms with Crippen LogP contribution in [-0.2, 0) is 23.1 Å². The van der Waals surface area contributed by atoms with E-state index in [0.717, 1.165) is 16.7 Å². The molecule has 112 valence electrons. The summed E-state index contributed by atoms with van der Waals surface area (Å²) in [6.07, 6.45) is 0. The molecule has 0 bridgehead atoms. The smallest absolute Gasteiger partial charge is 0.241 e. The Morgan fingerprint density at radius 1 is 0.905 bits per heavy atom. The first-order chi connectivity index (χ1) is 10.0. The van der Waals surface area contributed by atoms with Gasteiger partial charge in [-0.05, 0) is 36.7 Å². The van der Waals surface area contributed by atoms with Crippen LogP contribution in [0.3, 0.4) is 0 Å². The van der Waals surface area contributed by atoms with Crippen LogP contribution in [0, 0.1) is 6.92 Å². The molecule has 0 spiro atoms. The van der Waals surface area contributed by atoms with Gasteiger partial charge >= 0.3 is 0 Å². The van der Waals surface area contributed by atoms with Crippen molar-refractivity contribution < 1.29 is 8.42 Å². The number of rotatable bonds is 6. The first-order valence-electron chi connectivity index (χ1n) is 6.81. The number of sulfonamides is 1. The molecule has 0 aliphatic carbocycles. The molecule has 0 aliphatic heterocycles. The highest BCUT2D eigenvalue weighted by Gasteiger charge is 2.17. The van der Waals surface area contributed by atoms with Crippen LogP contribution in [0.4, 0.5) is 0 Å². The van der Waals surface area contributed by atoms with E-state index < -0.39 is 10.0 Å². The third kappa shape index (κ3) is 3.91. The van der Waals surface area contributed by atoms with Crippen LogP contribution in [0.1, 0.15) is 16.7 Å². The highest BCUT2D eigenvalue weighted by molar-refractivity contribution is 7.89. The average Bonchev–Trinajstić information content (AvgIpc) is 2.47. The molecule has 5 heteroatoms. The SMILES string of the molecule is CNCc1ccccc1S(=O)(=O)NCc1ccccc1C. The first-order valence-corrected chi connectivity index (χ1v) is 8.29. The Morgan fingerprint density at radius 2 is 1.52 bits per heavy atom. The van der Waals surface area contributed by atoms with Gasteiger partial charge in [0, 0.05) is 13.1 Å². The summed E-state index contributed by atoms with van der Waals surface area (Å²) in [5, 5.41) is 2.99. The van der Waals surface area contributed by atoms with Crippen LogP contribution >= 0.6 is 0 Å². The number of hydrogen-bond donors (Lipinski definition) is 2. The van der Waals surface area contributed by atoms with E-state index in [1.807, 2.05) is 43.3 Å². The van der Waals surface area contributed by atoms with Crippen molar-refractivity contribution in [2.24, 2.45) is 0 Å². The van der Waals surface area contributed by atoms with Crippen LogP contribution in [0.5, 0.6) is 0 Å². The lowest BCUT2D eigenvalue weighted by atomic mass is 10.1. The van der Waals surface area contributed by atoms with Gasteiger partial charge in [0.05, 0.1) is 4.90 Å². The van der Waals surface area contributed by atoms with Crippen molar-refractivity contribution in [1.82, 2.24) is 10.0 Å². The quantitative estimate of drug-likeness (QED) is 0.860. The second-order valence-electron chi connectivity index (χ2n) is 4.89. The molecule has 0 unspecified atom stereocenters. The molecule has 0 radical (unpaired) electrons. The zero-order valence-electron chi connectivity index (χ0n) is 12.3. The van der Waals surface area contributed by atoms with Crippen LogP contribution in [0.15, 0.2) is 53.4 Å². The molecular formula is C16H20N2O2S. The fourth-order valence-electron chi connectivity index (χ4n) is 2.16. The molecule has 2 aromatic rings. The third-order valence-electron chi connectivity index (χ3n) is 3.34. The Hall–Kier alpha value is -1.69. The van der Waals surface area contributed by atoms with Gasteiger partial charge in [-0.1, -0.05) is 42.5 Å². The fourth-order valence-corrected chi connectivity index (χ4v) is 3.41. The molecule has 0 fully saturated rings. The lowest BCUT2D eigenvalue weighted by Crippen LogP contribution is -2.25. The van der Waals surface area contributed by atoms with E-state index in [4.69, 9.17) is 0 Å². The van der Waals surface area contributed by atoms with Gasteiger partial charge in [0.1, 0.15) is 0 Å². The van der Waals surface area contributed by atoms with Gasteiger partial charge < -0.3 is 5.32 Å². The maximum atomic E-state index is 12.5. The second-order valence-corrected chi connectivity index (χ2v) is 6.62. The largest absolute Gasteiger partial charge is 0.316 e. The van der Waals surface area contributed by atoms with Crippen LogP contribution in [-0.4, -0.2) is 15.5 Å². The zero-order valence-corrected chi connectivity index (χ0v) is 13.1. The minimum Gasteiger partial charge on any atom is -0.316 e. The van der Waals surface area contributed by atoms with E-state index in [0.29, 0.717) is 18.0 Å². The molecule has 2 rings (SSSR count).